The number of thiophene rings is 1. The van der Waals surface area contributed by atoms with Crippen molar-refractivity contribution in [1.82, 2.24) is 9.55 Å². The molecular weight excluding hydrogens is 529 g/mol. The van der Waals surface area contributed by atoms with E-state index < -0.39 is 0 Å². The van der Waals surface area contributed by atoms with Crippen molar-refractivity contribution in [3.63, 3.8) is 0 Å². The Morgan fingerprint density at radius 3 is 1.79 bits per heavy atom. The molecule has 3 heteroatoms. The molecule has 2 nitrogen and oxygen atoms in total. The fraction of sp³-hybridized carbons (Fsp3) is 0. The molecule has 0 aliphatic heterocycles. The zero-order valence-electron chi connectivity index (χ0n) is 22.7. The minimum atomic E-state index is 1.03. The van der Waals surface area contributed by atoms with E-state index >= 15 is 0 Å². The summed E-state index contributed by atoms with van der Waals surface area (Å²) in [5.41, 5.74) is 9.24. The average Bonchev–Trinajstić information content (AvgIpc) is 3.61. The summed E-state index contributed by atoms with van der Waals surface area (Å²) < 4.78 is 4.91. The first-order chi connectivity index (χ1) is 20.8. The monoisotopic (exact) mass is 552 g/mol. The Morgan fingerprint density at radius 2 is 1.05 bits per heavy atom. The number of benzene rings is 6. The smallest absolute Gasteiger partial charge is 0.0902 e. The molecule has 0 aliphatic rings. The Balaban J connectivity index is 1.17. The Kier molecular flexibility index (Phi) is 5.10. The summed E-state index contributed by atoms with van der Waals surface area (Å²) >= 11 is 1.83. The summed E-state index contributed by atoms with van der Waals surface area (Å²) in [6, 6.07) is 52.3. The molecule has 6 aromatic carbocycles. The van der Waals surface area contributed by atoms with Crippen molar-refractivity contribution in [3.05, 3.63) is 146 Å². The van der Waals surface area contributed by atoms with Gasteiger partial charge in [0.1, 0.15) is 0 Å². The van der Waals surface area contributed by atoms with E-state index in [1.807, 2.05) is 11.3 Å². The van der Waals surface area contributed by atoms with Gasteiger partial charge in [0.15, 0.2) is 0 Å². The first kappa shape index (κ1) is 23.5. The maximum Gasteiger partial charge on any atom is 0.0902 e. The SMILES string of the molecule is c1cc(-c2ccc(-c3nc4c5ccccc5sc4c4ccccc34)cc2)cc(-n2c3ccccc3c3ccccc32)c1. The number of para-hydroxylation sites is 2. The molecule has 0 N–H and O–H groups in total. The molecule has 9 rings (SSSR count). The van der Waals surface area contributed by atoms with Gasteiger partial charge in [-0.2, -0.15) is 0 Å². The average molecular weight is 553 g/mol. The summed E-state index contributed by atoms with van der Waals surface area (Å²) in [5, 5.41) is 6.23. The van der Waals surface area contributed by atoms with E-state index in [1.54, 1.807) is 0 Å². The van der Waals surface area contributed by atoms with Gasteiger partial charge in [0, 0.05) is 42.9 Å². The van der Waals surface area contributed by atoms with Crippen molar-refractivity contribution in [2.75, 3.05) is 0 Å². The number of nitrogens with zero attached hydrogens (tertiary/aromatic N) is 2. The quantitative estimate of drug-likeness (QED) is 0.213. The first-order valence-corrected chi connectivity index (χ1v) is 15.0. The first-order valence-electron chi connectivity index (χ1n) is 14.2. The van der Waals surface area contributed by atoms with Crippen molar-refractivity contribution in [1.29, 1.82) is 0 Å². The predicted octanol–water partition coefficient (Wildman–Crippen LogP) is 11.0. The zero-order chi connectivity index (χ0) is 27.6. The van der Waals surface area contributed by atoms with Gasteiger partial charge in [-0.05, 0) is 41.5 Å². The van der Waals surface area contributed by atoms with E-state index in [-0.39, 0.29) is 0 Å². The summed E-state index contributed by atoms with van der Waals surface area (Å²) in [6.45, 7) is 0. The van der Waals surface area contributed by atoms with E-state index in [9.17, 15) is 0 Å². The van der Waals surface area contributed by atoms with Gasteiger partial charge in [0.05, 0.1) is 26.9 Å². The molecule has 0 saturated heterocycles. The third-order valence-electron chi connectivity index (χ3n) is 8.40. The van der Waals surface area contributed by atoms with Gasteiger partial charge in [-0.3, -0.25) is 0 Å². The second kappa shape index (κ2) is 9.13. The van der Waals surface area contributed by atoms with E-state index in [0.29, 0.717) is 0 Å². The fourth-order valence-corrected chi connectivity index (χ4v) is 7.63. The van der Waals surface area contributed by atoms with Gasteiger partial charge in [0.2, 0.25) is 0 Å². The summed E-state index contributed by atoms with van der Waals surface area (Å²) in [4.78, 5) is 5.28. The summed E-state index contributed by atoms with van der Waals surface area (Å²) in [6.07, 6.45) is 0. The van der Waals surface area contributed by atoms with Crippen LogP contribution in [-0.4, -0.2) is 9.55 Å². The number of fused-ring (bicyclic) bond motifs is 8. The molecule has 9 aromatic rings. The molecule has 0 bridgehead atoms. The number of aromatic nitrogens is 2. The number of rotatable bonds is 3. The number of hydrogen-bond donors (Lipinski definition) is 0. The van der Waals surface area contributed by atoms with Crippen LogP contribution in [-0.2, 0) is 0 Å². The lowest BCUT2D eigenvalue weighted by atomic mass is 9.99. The molecule has 0 atom stereocenters. The standard InChI is InChI=1S/C39H24N2S/c1-2-15-32-31(14-1)37(40-38-33-16-5-8-19-36(33)42-39(32)38)26-22-20-25(21-23-26)27-10-9-11-28(24-27)41-34-17-6-3-12-29(34)30-13-4-7-18-35(30)41/h1-24H. The largest absolute Gasteiger partial charge is 0.309 e. The zero-order valence-corrected chi connectivity index (χ0v) is 23.5. The lowest BCUT2D eigenvalue weighted by molar-refractivity contribution is 1.18. The van der Waals surface area contributed by atoms with Gasteiger partial charge in [-0.15, -0.1) is 11.3 Å². The molecule has 196 valence electrons. The lowest BCUT2D eigenvalue weighted by Crippen LogP contribution is -1.94. The minimum absolute atomic E-state index is 1.03. The van der Waals surface area contributed by atoms with E-state index in [2.05, 4.69) is 150 Å². The van der Waals surface area contributed by atoms with E-state index in [4.69, 9.17) is 4.98 Å². The molecule has 0 saturated carbocycles. The van der Waals surface area contributed by atoms with Crippen molar-refractivity contribution in [2.45, 2.75) is 0 Å². The van der Waals surface area contributed by atoms with Crippen LogP contribution in [0, 0.1) is 0 Å². The fourth-order valence-electron chi connectivity index (χ4n) is 6.45. The molecule has 0 fully saturated rings. The Labute approximate surface area is 246 Å². The molecule has 0 amide bonds. The van der Waals surface area contributed by atoms with Gasteiger partial charge < -0.3 is 4.57 Å². The van der Waals surface area contributed by atoms with Crippen molar-refractivity contribution in [3.8, 4) is 28.1 Å². The van der Waals surface area contributed by atoms with Crippen LogP contribution < -0.4 is 0 Å². The van der Waals surface area contributed by atoms with Crippen molar-refractivity contribution in [2.24, 2.45) is 0 Å². The molecule has 3 heterocycles. The van der Waals surface area contributed by atoms with Crippen LogP contribution in [0.1, 0.15) is 0 Å². The van der Waals surface area contributed by atoms with Crippen LogP contribution in [0.5, 0.6) is 0 Å². The minimum Gasteiger partial charge on any atom is -0.309 e. The Hall–Kier alpha value is -5.25. The predicted molar refractivity (Wildman–Crippen MR) is 180 cm³/mol. The van der Waals surface area contributed by atoms with Crippen LogP contribution >= 0.6 is 11.3 Å². The van der Waals surface area contributed by atoms with Gasteiger partial charge >= 0.3 is 0 Å². The van der Waals surface area contributed by atoms with Crippen LogP contribution in [0.25, 0.3) is 81.0 Å². The third-order valence-corrected chi connectivity index (χ3v) is 9.59. The van der Waals surface area contributed by atoms with Crippen molar-refractivity contribution >= 4 is 64.2 Å². The molecule has 0 aliphatic carbocycles. The maximum atomic E-state index is 5.28. The molecule has 42 heavy (non-hydrogen) atoms. The Morgan fingerprint density at radius 1 is 0.452 bits per heavy atom. The highest BCUT2D eigenvalue weighted by atomic mass is 32.1. The summed E-state index contributed by atoms with van der Waals surface area (Å²) in [7, 11) is 0. The van der Waals surface area contributed by atoms with Crippen LogP contribution in [0.15, 0.2) is 146 Å². The van der Waals surface area contributed by atoms with Crippen molar-refractivity contribution < 1.29 is 0 Å². The topological polar surface area (TPSA) is 17.8 Å². The number of pyridine rings is 1. The van der Waals surface area contributed by atoms with Crippen LogP contribution in [0.3, 0.4) is 0 Å². The van der Waals surface area contributed by atoms with Gasteiger partial charge in [-0.25, -0.2) is 4.98 Å². The van der Waals surface area contributed by atoms with E-state index in [0.717, 1.165) is 22.5 Å². The molecule has 3 aromatic heterocycles. The second-order valence-corrected chi connectivity index (χ2v) is 11.8. The number of hydrogen-bond acceptors (Lipinski definition) is 2. The van der Waals surface area contributed by atoms with E-state index in [1.165, 1.54) is 58.5 Å². The maximum absolute atomic E-state index is 5.28. The highest BCUT2D eigenvalue weighted by molar-refractivity contribution is 7.26. The van der Waals surface area contributed by atoms with Crippen LogP contribution in [0.4, 0.5) is 0 Å². The molecular formula is C39H24N2S. The highest BCUT2D eigenvalue weighted by Gasteiger charge is 2.15. The lowest BCUT2D eigenvalue weighted by Gasteiger charge is -2.11. The second-order valence-electron chi connectivity index (χ2n) is 10.8. The Bertz CT molecular complexity index is 2410. The molecule has 0 spiro atoms. The summed E-state index contributed by atoms with van der Waals surface area (Å²) in [5.74, 6) is 0. The van der Waals surface area contributed by atoms with Crippen LogP contribution in [0.2, 0.25) is 0 Å². The molecule has 0 radical (unpaired) electrons. The van der Waals surface area contributed by atoms with Gasteiger partial charge in [0.25, 0.3) is 0 Å². The normalized spacial score (nSPS) is 11.8. The molecule has 0 unspecified atom stereocenters. The highest BCUT2D eigenvalue weighted by Crippen LogP contribution is 2.41. The third kappa shape index (κ3) is 3.47. The van der Waals surface area contributed by atoms with Gasteiger partial charge in [-0.1, -0.05) is 115 Å².